The summed E-state index contributed by atoms with van der Waals surface area (Å²) in [5.74, 6) is 2.20. The highest BCUT2D eigenvalue weighted by Crippen LogP contribution is 2.33. The van der Waals surface area contributed by atoms with E-state index < -0.39 is 0 Å². The summed E-state index contributed by atoms with van der Waals surface area (Å²) in [7, 11) is 0. The Kier molecular flexibility index (Phi) is 5.26. The molecule has 29 heavy (non-hydrogen) atoms. The van der Waals surface area contributed by atoms with E-state index in [4.69, 9.17) is 9.47 Å². The van der Waals surface area contributed by atoms with Crippen LogP contribution in [0, 0.1) is 0 Å². The fourth-order valence-corrected chi connectivity index (χ4v) is 5.24. The van der Waals surface area contributed by atoms with Crippen LogP contribution in [0.15, 0.2) is 41.0 Å². The number of nitrogens with zero attached hydrogens (tertiary/aromatic N) is 4. The lowest BCUT2D eigenvalue weighted by Gasteiger charge is -2.34. The monoisotopic (exact) mass is 428 g/mol. The number of rotatable bonds is 5. The van der Waals surface area contributed by atoms with Gasteiger partial charge in [0.15, 0.2) is 11.5 Å². The van der Waals surface area contributed by atoms with E-state index in [-0.39, 0.29) is 5.91 Å². The van der Waals surface area contributed by atoms with Crippen LogP contribution in [0.4, 0.5) is 0 Å². The van der Waals surface area contributed by atoms with Crippen molar-refractivity contribution in [3.8, 4) is 11.5 Å². The van der Waals surface area contributed by atoms with Gasteiger partial charge in [-0.25, -0.2) is 9.97 Å². The molecule has 4 heterocycles. The Balaban J connectivity index is 1.12. The van der Waals surface area contributed by atoms with E-state index in [1.54, 1.807) is 17.7 Å². The van der Waals surface area contributed by atoms with Crippen molar-refractivity contribution < 1.29 is 14.3 Å². The van der Waals surface area contributed by atoms with E-state index in [2.05, 4.69) is 20.9 Å². The molecule has 0 saturated carbocycles. The molecule has 1 amide bonds. The number of carbonyl (C=O) groups excluding carboxylic acids is 1. The summed E-state index contributed by atoms with van der Waals surface area (Å²) in [5, 5.41) is 3.92. The topological polar surface area (TPSA) is 67.8 Å². The highest BCUT2D eigenvalue weighted by atomic mass is 32.2. The zero-order valence-electron chi connectivity index (χ0n) is 15.7. The third kappa shape index (κ3) is 4.03. The molecular formula is C20H20N4O3S2. The van der Waals surface area contributed by atoms with Gasteiger partial charge in [0.25, 0.3) is 0 Å². The number of carbonyl (C=O) groups is 1. The molecule has 9 heteroatoms. The first-order valence-electron chi connectivity index (χ1n) is 9.46. The molecule has 1 saturated heterocycles. The average Bonchev–Trinajstić information content (AvgIpc) is 3.41. The molecule has 0 aliphatic carbocycles. The lowest BCUT2D eigenvalue weighted by atomic mass is 10.1. The van der Waals surface area contributed by atoms with Gasteiger partial charge in [-0.05, 0) is 29.1 Å². The van der Waals surface area contributed by atoms with Gasteiger partial charge in [-0.1, -0.05) is 17.8 Å². The lowest BCUT2D eigenvalue weighted by Crippen LogP contribution is -2.48. The largest absolute Gasteiger partial charge is 0.454 e. The van der Waals surface area contributed by atoms with Crippen molar-refractivity contribution in [1.29, 1.82) is 0 Å². The Morgan fingerprint density at radius 2 is 1.97 bits per heavy atom. The molecule has 0 N–H and O–H groups in total. The fourth-order valence-electron chi connectivity index (χ4n) is 3.56. The van der Waals surface area contributed by atoms with Crippen molar-refractivity contribution in [2.75, 3.05) is 38.7 Å². The number of amides is 1. The summed E-state index contributed by atoms with van der Waals surface area (Å²) < 4.78 is 10.8. The Morgan fingerprint density at radius 3 is 2.86 bits per heavy atom. The first-order chi connectivity index (χ1) is 14.3. The molecule has 7 nitrogen and oxygen atoms in total. The highest BCUT2D eigenvalue weighted by Gasteiger charge is 2.22. The number of piperazine rings is 1. The quantitative estimate of drug-likeness (QED) is 0.457. The molecule has 1 fully saturated rings. The van der Waals surface area contributed by atoms with Gasteiger partial charge in [-0.3, -0.25) is 9.69 Å². The van der Waals surface area contributed by atoms with E-state index in [1.165, 1.54) is 17.3 Å². The van der Waals surface area contributed by atoms with E-state index in [1.807, 2.05) is 28.5 Å². The fraction of sp³-hybridized carbons (Fsp3) is 0.350. The number of hydrogen-bond acceptors (Lipinski definition) is 8. The summed E-state index contributed by atoms with van der Waals surface area (Å²) >= 11 is 3.09. The lowest BCUT2D eigenvalue weighted by molar-refractivity contribution is -0.130. The van der Waals surface area contributed by atoms with Gasteiger partial charge in [0.1, 0.15) is 16.2 Å². The van der Waals surface area contributed by atoms with Gasteiger partial charge >= 0.3 is 0 Å². The van der Waals surface area contributed by atoms with Gasteiger partial charge in [-0.15, -0.1) is 11.3 Å². The van der Waals surface area contributed by atoms with Crippen LogP contribution in [-0.2, 0) is 11.3 Å². The van der Waals surface area contributed by atoms with Crippen LogP contribution in [0.25, 0.3) is 10.2 Å². The van der Waals surface area contributed by atoms with E-state index in [9.17, 15) is 4.79 Å². The molecule has 0 spiro atoms. The SMILES string of the molecule is O=C(CSc1ncnc2sccc12)N1CCN(Cc2ccc3c(c2)OCO3)CC1. The molecule has 0 bridgehead atoms. The number of ether oxygens (including phenoxy) is 2. The highest BCUT2D eigenvalue weighted by molar-refractivity contribution is 8.00. The molecule has 0 atom stereocenters. The van der Waals surface area contributed by atoms with Crippen molar-refractivity contribution in [2.24, 2.45) is 0 Å². The second-order valence-electron chi connectivity index (χ2n) is 6.95. The normalized spacial score (nSPS) is 16.5. The maximum Gasteiger partial charge on any atom is 0.233 e. The van der Waals surface area contributed by atoms with Gasteiger partial charge in [-0.2, -0.15) is 0 Å². The summed E-state index contributed by atoms with van der Waals surface area (Å²) in [6, 6.07) is 8.10. The Hall–Kier alpha value is -2.36. The Labute approximate surface area is 176 Å². The van der Waals surface area contributed by atoms with E-state index in [0.717, 1.165) is 59.5 Å². The van der Waals surface area contributed by atoms with Crippen molar-refractivity contribution in [1.82, 2.24) is 19.8 Å². The van der Waals surface area contributed by atoms with Gasteiger partial charge in [0.05, 0.1) is 5.75 Å². The maximum atomic E-state index is 12.7. The smallest absolute Gasteiger partial charge is 0.233 e. The number of benzene rings is 1. The second kappa shape index (κ2) is 8.17. The number of hydrogen-bond donors (Lipinski definition) is 0. The number of thioether (sulfide) groups is 1. The molecule has 1 aromatic carbocycles. The van der Waals surface area contributed by atoms with Gasteiger partial charge in [0.2, 0.25) is 12.7 Å². The summed E-state index contributed by atoms with van der Waals surface area (Å²) in [4.78, 5) is 26.5. The molecule has 150 valence electrons. The van der Waals surface area contributed by atoms with Crippen LogP contribution in [0.2, 0.25) is 0 Å². The van der Waals surface area contributed by atoms with Gasteiger partial charge < -0.3 is 14.4 Å². The Bertz CT molecular complexity index is 1030. The molecule has 2 aliphatic rings. The summed E-state index contributed by atoms with van der Waals surface area (Å²) in [6.07, 6.45) is 1.57. The molecule has 2 aliphatic heterocycles. The maximum absolute atomic E-state index is 12.7. The zero-order valence-corrected chi connectivity index (χ0v) is 17.4. The molecular weight excluding hydrogens is 408 g/mol. The third-order valence-corrected chi connectivity index (χ3v) is 6.94. The Morgan fingerprint density at radius 1 is 1.10 bits per heavy atom. The van der Waals surface area contributed by atoms with Crippen LogP contribution in [-0.4, -0.2) is 64.4 Å². The minimum Gasteiger partial charge on any atom is -0.454 e. The first kappa shape index (κ1) is 18.7. The van der Waals surface area contributed by atoms with Crippen LogP contribution in [0.5, 0.6) is 11.5 Å². The van der Waals surface area contributed by atoms with E-state index >= 15 is 0 Å². The second-order valence-corrected chi connectivity index (χ2v) is 8.81. The standard InChI is InChI=1S/C20H20N4O3S2/c25-18(11-29-20-15-3-8-28-19(15)21-12-22-20)24-6-4-23(5-7-24)10-14-1-2-16-17(9-14)27-13-26-16/h1-3,8-9,12H,4-7,10-11,13H2. The van der Waals surface area contributed by atoms with Crippen molar-refractivity contribution in [2.45, 2.75) is 11.6 Å². The zero-order chi connectivity index (χ0) is 19.6. The third-order valence-electron chi connectivity index (χ3n) is 5.13. The molecule has 0 unspecified atom stereocenters. The van der Waals surface area contributed by atoms with Crippen molar-refractivity contribution in [3.05, 3.63) is 41.5 Å². The predicted molar refractivity (Wildman–Crippen MR) is 113 cm³/mol. The minimum atomic E-state index is 0.166. The van der Waals surface area contributed by atoms with E-state index in [0.29, 0.717) is 12.5 Å². The van der Waals surface area contributed by atoms with Crippen LogP contribution in [0.3, 0.4) is 0 Å². The summed E-state index contributed by atoms with van der Waals surface area (Å²) in [5.41, 5.74) is 1.20. The predicted octanol–water partition coefficient (Wildman–Crippen LogP) is 2.86. The minimum absolute atomic E-state index is 0.166. The number of fused-ring (bicyclic) bond motifs is 2. The average molecular weight is 429 g/mol. The van der Waals surface area contributed by atoms with Crippen LogP contribution in [0.1, 0.15) is 5.56 Å². The molecule has 3 aromatic rings. The molecule has 0 radical (unpaired) electrons. The van der Waals surface area contributed by atoms with Crippen LogP contribution < -0.4 is 9.47 Å². The first-order valence-corrected chi connectivity index (χ1v) is 11.3. The summed E-state index contributed by atoms with van der Waals surface area (Å²) in [6.45, 7) is 4.39. The van der Waals surface area contributed by atoms with Gasteiger partial charge in [0, 0.05) is 38.1 Å². The van der Waals surface area contributed by atoms with Crippen molar-refractivity contribution >= 4 is 39.2 Å². The molecule has 2 aromatic heterocycles. The number of thiophene rings is 1. The number of aromatic nitrogens is 2. The molecule has 5 rings (SSSR count). The van der Waals surface area contributed by atoms with Crippen LogP contribution >= 0.6 is 23.1 Å². The van der Waals surface area contributed by atoms with Crippen molar-refractivity contribution in [3.63, 3.8) is 0 Å².